The molecule has 244 valence electrons. The Morgan fingerprint density at radius 1 is 0.956 bits per heavy atom. The molecule has 0 aliphatic carbocycles. The minimum atomic E-state index is -3.74. The van der Waals surface area contributed by atoms with Crippen LogP contribution < -0.4 is 14.8 Å². The molecule has 45 heavy (non-hydrogen) atoms. The van der Waals surface area contributed by atoms with E-state index < -0.39 is 33.7 Å². The summed E-state index contributed by atoms with van der Waals surface area (Å²) in [7, 11) is -3.74. The summed E-state index contributed by atoms with van der Waals surface area (Å²) in [5, 5.41) is 13.9. The van der Waals surface area contributed by atoms with Gasteiger partial charge in [-0.1, -0.05) is 48.5 Å². The van der Waals surface area contributed by atoms with Crippen LogP contribution in [0.1, 0.15) is 49.7 Å². The van der Waals surface area contributed by atoms with E-state index in [1.54, 1.807) is 63.2 Å². The Hall–Kier alpha value is -4.13. The predicted molar refractivity (Wildman–Crippen MR) is 174 cm³/mol. The highest BCUT2D eigenvalue weighted by Gasteiger charge is 2.25. The number of rotatable bonds is 15. The Kier molecular flexibility index (Phi) is 12.8. The molecule has 0 aromatic heterocycles. The maximum atomic E-state index is 12.9. The third kappa shape index (κ3) is 12.1. The van der Waals surface area contributed by atoms with Crippen LogP contribution in [0.25, 0.3) is 11.1 Å². The summed E-state index contributed by atoms with van der Waals surface area (Å²) in [5.41, 5.74) is 2.28. The number of hydrogen-bond donors (Lipinski definition) is 3. The van der Waals surface area contributed by atoms with E-state index in [-0.39, 0.29) is 25.3 Å². The molecule has 0 fully saturated rings. The van der Waals surface area contributed by atoms with Gasteiger partial charge in [0.15, 0.2) is 0 Å². The minimum Gasteiger partial charge on any atom is -0.492 e. The molecule has 0 bridgehead atoms. The van der Waals surface area contributed by atoms with Crippen LogP contribution in [-0.4, -0.2) is 81.7 Å². The summed E-state index contributed by atoms with van der Waals surface area (Å²) in [6, 6.07) is 21.5. The Morgan fingerprint density at radius 3 is 2.24 bits per heavy atom. The van der Waals surface area contributed by atoms with Crippen molar-refractivity contribution >= 4 is 27.7 Å². The Bertz CT molecular complexity index is 1510. The van der Waals surface area contributed by atoms with E-state index in [1.807, 2.05) is 42.0 Å². The van der Waals surface area contributed by atoms with E-state index in [1.165, 1.54) is 4.90 Å². The second-order valence-electron chi connectivity index (χ2n) is 11.3. The van der Waals surface area contributed by atoms with Crippen molar-refractivity contribution in [3.8, 4) is 16.9 Å². The lowest BCUT2D eigenvalue weighted by atomic mass is 10.0. The van der Waals surface area contributed by atoms with Gasteiger partial charge in [-0.05, 0) is 68.7 Å². The first-order chi connectivity index (χ1) is 21.3. The van der Waals surface area contributed by atoms with Crippen LogP contribution >= 0.6 is 0 Å². The third-order valence-corrected chi connectivity index (χ3v) is 6.91. The Balaban J connectivity index is 1.70. The summed E-state index contributed by atoms with van der Waals surface area (Å²) in [5.74, 6) is -0.158. The molecule has 0 saturated carbocycles. The lowest BCUT2D eigenvalue weighted by molar-refractivity contribution is 0.0117. The van der Waals surface area contributed by atoms with Crippen molar-refractivity contribution in [3.63, 3.8) is 0 Å². The van der Waals surface area contributed by atoms with Crippen molar-refractivity contribution in [2.24, 2.45) is 0 Å². The van der Waals surface area contributed by atoms with Gasteiger partial charge in [-0.3, -0.25) is 4.79 Å². The van der Waals surface area contributed by atoms with Gasteiger partial charge in [0.05, 0.1) is 37.6 Å². The minimum absolute atomic E-state index is 0.0420. The van der Waals surface area contributed by atoms with Crippen molar-refractivity contribution in [1.82, 2.24) is 9.62 Å². The van der Waals surface area contributed by atoms with Crippen LogP contribution in [-0.2, 0) is 19.5 Å². The van der Waals surface area contributed by atoms with E-state index in [0.717, 1.165) is 17.4 Å². The second-order valence-corrected chi connectivity index (χ2v) is 13.1. The summed E-state index contributed by atoms with van der Waals surface area (Å²) in [4.78, 5) is 27.0. The zero-order valence-electron chi connectivity index (χ0n) is 26.4. The van der Waals surface area contributed by atoms with E-state index in [2.05, 4.69) is 5.32 Å². The fourth-order valence-corrected chi connectivity index (χ4v) is 4.73. The topological polar surface area (TPSA) is 144 Å². The molecule has 0 aliphatic heterocycles. The molecule has 0 unspecified atom stereocenters. The number of amides is 2. The number of carbonyl (C=O) groups excluding carboxylic acids is 2. The van der Waals surface area contributed by atoms with Crippen LogP contribution in [0.4, 0.5) is 10.5 Å². The normalized spacial score (nSPS) is 12.2. The van der Waals surface area contributed by atoms with E-state index >= 15 is 0 Å². The Morgan fingerprint density at radius 2 is 1.62 bits per heavy atom. The van der Waals surface area contributed by atoms with Crippen molar-refractivity contribution in [3.05, 3.63) is 83.9 Å². The molecule has 3 aromatic carbocycles. The van der Waals surface area contributed by atoms with Gasteiger partial charge in [-0.15, -0.1) is 0 Å². The number of anilines is 1. The van der Waals surface area contributed by atoms with Crippen molar-refractivity contribution in [2.45, 2.75) is 39.4 Å². The van der Waals surface area contributed by atoms with Gasteiger partial charge in [0, 0.05) is 18.8 Å². The molecule has 11 nitrogen and oxygen atoms in total. The standard InChI is InChI=1S/C33H43N3O8S/c1-6-42-20-18-34-29-22-26(14-17-28(29)31(38)35-45(5,40)41)24-12-15-27(16-13-24)43-21-19-36(32(39)44-33(2,3)4)23-30(37)25-10-8-7-9-11-25/h7-17,22,30,34,37H,6,18-21,23H2,1-5H3,(H,35,38)/t30-/m0/s1. The first-order valence-corrected chi connectivity index (χ1v) is 16.6. The number of aliphatic hydroxyl groups is 1. The molecule has 12 heteroatoms. The number of sulfonamides is 1. The lowest BCUT2D eigenvalue weighted by Crippen LogP contribution is -2.41. The van der Waals surface area contributed by atoms with Crippen LogP contribution in [0.3, 0.4) is 0 Å². The zero-order valence-corrected chi connectivity index (χ0v) is 27.2. The molecule has 3 aromatic rings. The average Bonchev–Trinajstić information content (AvgIpc) is 2.97. The number of benzene rings is 3. The molecule has 3 N–H and O–H groups in total. The molecule has 0 aliphatic rings. The van der Waals surface area contributed by atoms with Crippen LogP contribution in [0.2, 0.25) is 0 Å². The van der Waals surface area contributed by atoms with Gasteiger partial charge in [0.2, 0.25) is 10.0 Å². The van der Waals surface area contributed by atoms with Crippen molar-refractivity contribution in [1.29, 1.82) is 0 Å². The molecule has 0 radical (unpaired) electrons. The molecule has 3 rings (SSSR count). The molecule has 0 heterocycles. The zero-order chi connectivity index (χ0) is 33.0. The lowest BCUT2D eigenvalue weighted by Gasteiger charge is -2.29. The van der Waals surface area contributed by atoms with E-state index in [4.69, 9.17) is 14.2 Å². The average molecular weight is 642 g/mol. The van der Waals surface area contributed by atoms with Gasteiger partial charge in [0.25, 0.3) is 5.91 Å². The number of ether oxygens (including phenoxy) is 3. The molecule has 2 amide bonds. The number of nitrogens with zero attached hydrogens (tertiary/aromatic N) is 1. The predicted octanol–water partition coefficient (Wildman–Crippen LogP) is 4.84. The molecule has 0 spiro atoms. The van der Waals surface area contributed by atoms with E-state index in [9.17, 15) is 23.1 Å². The summed E-state index contributed by atoms with van der Waals surface area (Å²) >= 11 is 0. The maximum absolute atomic E-state index is 12.9. The van der Waals surface area contributed by atoms with Gasteiger partial charge in [-0.2, -0.15) is 0 Å². The monoisotopic (exact) mass is 641 g/mol. The van der Waals surface area contributed by atoms with Crippen LogP contribution in [0.15, 0.2) is 72.8 Å². The number of nitrogens with one attached hydrogen (secondary N) is 2. The number of carbonyl (C=O) groups is 2. The van der Waals surface area contributed by atoms with Crippen LogP contribution in [0, 0.1) is 0 Å². The summed E-state index contributed by atoms with van der Waals surface area (Å²) < 4.78 is 42.1. The molecule has 0 saturated heterocycles. The number of hydrogen-bond acceptors (Lipinski definition) is 9. The molecule has 1 atom stereocenters. The SMILES string of the molecule is CCOCCNc1cc(-c2ccc(OCCN(C[C@H](O)c3ccccc3)C(=O)OC(C)(C)C)cc2)ccc1C(=O)NS(C)(=O)=O. The van der Waals surface area contributed by atoms with Gasteiger partial charge in [0.1, 0.15) is 18.0 Å². The molecular weight excluding hydrogens is 598 g/mol. The quantitative estimate of drug-likeness (QED) is 0.199. The first kappa shape index (κ1) is 35.4. The highest BCUT2D eigenvalue weighted by Crippen LogP contribution is 2.28. The van der Waals surface area contributed by atoms with Crippen molar-refractivity contribution < 1.29 is 37.3 Å². The molecular formula is C33H43N3O8S. The summed E-state index contributed by atoms with van der Waals surface area (Å²) in [6.07, 6.45) is -0.509. The first-order valence-electron chi connectivity index (χ1n) is 14.7. The third-order valence-electron chi connectivity index (χ3n) is 6.36. The fraction of sp³-hybridized carbons (Fsp3) is 0.394. The van der Waals surface area contributed by atoms with Gasteiger partial charge in [-0.25, -0.2) is 17.9 Å². The second kappa shape index (κ2) is 16.3. The largest absolute Gasteiger partial charge is 0.492 e. The fourth-order valence-electron chi connectivity index (χ4n) is 4.28. The highest BCUT2D eigenvalue weighted by atomic mass is 32.2. The van der Waals surface area contributed by atoms with Gasteiger partial charge >= 0.3 is 6.09 Å². The maximum Gasteiger partial charge on any atom is 0.410 e. The van der Waals surface area contributed by atoms with E-state index in [0.29, 0.717) is 36.8 Å². The number of aliphatic hydroxyl groups excluding tert-OH is 1. The van der Waals surface area contributed by atoms with Crippen LogP contribution in [0.5, 0.6) is 5.75 Å². The summed E-state index contributed by atoms with van der Waals surface area (Å²) in [6.45, 7) is 9.01. The Labute approximate surface area is 265 Å². The smallest absolute Gasteiger partial charge is 0.410 e. The van der Waals surface area contributed by atoms with Crippen molar-refractivity contribution in [2.75, 3.05) is 51.0 Å². The van der Waals surface area contributed by atoms with Gasteiger partial charge < -0.3 is 29.5 Å². The highest BCUT2D eigenvalue weighted by molar-refractivity contribution is 7.89.